The van der Waals surface area contributed by atoms with Gasteiger partial charge in [0.25, 0.3) is 0 Å². The van der Waals surface area contributed by atoms with E-state index in [1.54, 1.807) is 0 Å². The Hall–Kier alpha value is -3.06. The number of rotatable bonds is 1. The highest BCUT2D eigenvalue weighted by atomic mass is 35.5. The summed E-state index contributed by atoms with van der Waals surface area (Å²) >= 11 is 5.87. The summed E-state index contributed by atoms with van der Waals surface area (Å²) in [4.78, 5) is 12.2. The number of hydrogen-bond acceptors (Lipinski definition) is 7. The van der Waals surface area contributed by atoms with E-state index in [1.165, 1.54) is 12.1 Å². The SMILES string of the molecule is O=c1c(O)c(-c2ccc(O)cc2O)oc2c(Cl)c(O)cc(O)c12. The van der Waals surface area contributed by atoms with Crippen molar-refractivity contribution in [2.45, 2.75) is 0 Å². The van der Waals surface area contributed by atoms with Crippen molar-refractivity contribution >= 4 is 22.6 Å². The summed E-state index contributed by atoms with van der Waals surface area (Å²) in [6.07, 6.45) is 0. The van der Waals surface area contributed by atoms with Gasteiger partial charge in [-0.2, -0.15) is 0 Å². The zero-order valence-corrected chi connectivity index (χ0v) is 12.0. The van der Waals surface area contributed by atoms with Crippen molar-refractivity contribution in [3.63, 3.8) is 0 Å². The van der Waals surface area contributed by atoms with E-state index in [1.807, 2.05) is 0 Å². The minimum atomic E-state index is -0.992. The average molecular weight is 337 g/mol. The molecule has 0 spiro atoms. The molecule has 0 saturated carbocycles. The van der Waals surface area contributed by atoms with Crippen LogP contribution in [-0.2, 0) is 0 Å². The number of phenols is 4. The van der Waals surface area contributed by atoms with Gasteiger partial charge in [0.1, 0.15) is 33.4 Å². The molecule has 0 aliphatic carbocycles. The second-order valence-electron chi connectivity index (χ2n) is 4.74. The third kappa shape index (κ3) is 2.18. The highest BCUT2D eigenvalue weighted by molar-refractivity contribution is 6.36. The van der Waals surface area contributed by atoms with Gasteiger partial charge in [0.2, 0.25) is 11.2 Å². The van der Waals surface area contributed by atoms with E-state index in [4.69, 9.17) is 16.0 Å². The lowest BCUT2D eigenvalue weighted by Gasteiger charge is -2.10. The van der Waals surface area contributed by atoms with Crippen LogP contribution < -0.4 is 5.43 Å². The van der Waals surface area contributed by atoms with Crippen LogP contribution in [0.4, 0.5) is 0 Å². The summed E-state index contributed by atoms with van der Waals surface area (Å²) < 4.78 is 5.33. The molecule has 3 aromatic rings. The molecular formula is C15H9ClO7. The van der Waals surface area contributed by atoms with Gasteiger partial charge >= 0.3 is 0 Å². The first-order valence-electron chi connectivity index (χ1n) is 6.23. The number of hydrogen-bond donors (Lipinski definition) is 5. The van der Waals surface area contributed by atoms with E-state index in [2.05, 4.69) is 0 Å². The van der Waals surface area contributed by atoms with Gasteiger partial charge in [-0.05, 0) is 12.1 Å². The van der Waals surface area contributed by atoms with Gasteiger partial charge in [-0.15, -0.1) is 0 Å². The molecule has 0 radical (unpaired) electrons. The Morgan fingerprint density at radius 2 is 1.61 bits per heavy atom. The first-order valence-corrected chi connectivity index (χ1v) is 6.61. The van der Waals surface area contributed by atoms with Crippen LogP contribution in [0.15, 0.2) is 33.5 Å². The Bertz CT molecular complexity index is 1010. The third-order valence-electron chi connectivity index (χ3n) is 3.27. The van der Waals surface area contributed by atoms with Crippen molar-refractivity contribution in [2.75, 3.05) is 0 Å². The molecule has 8 heteroatoms. The fraction of sp³-hybridized carbons (Fsp3) is 0. The van der Waals surface area contributed by atoms with Crippen molar-refractivity contribution in [1.29, 1.82) is 0 Å². The number of fused-ring (bicyclic) bond motifs is 1. The molecule has 7 nitrogen and oxygen atoms in total. The van der Waals surface area contributed by atoms with E-state index >= 15 is 0 Å². The molecule has 0 amide bonds. The molecule has 0 saturated heterocycles. The predicted molar refractivity (Wildman–Crippen MR) is 81.3 cm³/mol. The van der Waals surface area contributed by atoms with Crippen LogP contribution in [0, 0.1) is 0 Å². The first-order chi connectivity index (χ1) is 10.8. The molecule has 0 atom stereocenters. The van der Waals surface area contributed by atoms with Crippen molar-refractivity contribution in [2.24, 2.45) is 0 Å². The van der Waals surface area contributed by atoms with E-state index in [9.17, 15) is 30.3 Å². The number of phenolic OH excluding ortho intramolecular Hbond substituents is 4. The van der Waals surface area contributed by atoms with Gasteiger partial charge < -0.3 is 29.9 Å². The maximum absolute atomic E-state index is 12.2. The molecule has 3 rings (SSSR count). The smallest absolute Gasteiger partial charge is 0.238 e. The van der Waals surface area contributed by atoms with Gasteiger partial charge in [-0.25, -0.2) is 0 Å². The lowest BCUT2D eigenvalue weighted by atomic mass is 10.1. The summed E-state index contributed by atoms with van der Waals surface area (Å²) in [6, 6.07) is 4.25. The molecule has 5 N–H and O–H groups in total. The number of aromatic hydroxyl groups is 5. The Balaban J connectivity index is 2.46. The molecule has 0 unspecified atom stereocenters. The first kappa shape index (κ1) is 14.9. The Morgan fingerprint density at radius 1 is 0.913 bits per heavy atom. The van der Waals surface area contributed by atoms with Gasteiger partial charge in [-0.3, -0.25) is 4.79 Å². The van der Waals surface area contributed by atoms with Crippen molar-refractivity contribution in [1.82, 2.24) is 0 Å². The zero-order chi connectivity index (χ0) is 16.9. The monoisotopic (exact) mass is 336 g/mol. The van der Waals surface area contributed by atoms with E-state index in [0.717, 1.165) is 12.1 Å². The summed E-state index contributed by atoms with van der Waals surface area (Å²) in [6.45, 7) is 0. The van der Waals surface area contributed by atoms with Crippen molar-refractivity contribution in [3.8, 4) is 40.1 Å². The Kier molecular flexibility index (Phi) is 3.23. The second-order valence-corrected chi connectivity index (χ2v) is 5.12. The molecule has 23 heavy (non-hydrogen) atoms. The molecule has 2 aromatic carbocycles. The zero-order valence-electron chi connectivity index (χ0n) is 11.2. The van der Waals surface area contributed by atoms with Gasteiger partial charge in [0, 0.05) is 12.1 Å². The molecule has 1 heterocycles. The van der Waals surface area contributed by atoms with Gasteiger partial charge in [0.15, 0.2) is 11.3 Å². The minimum Gasteiger partial charge on any atom is -0.508 e. The summed E-state index contributed by atoms with van der Waals surface area (Å²) in [7, 11) is 0. The molecular weight excluding hydrogens is 328 g/mol. The largest absolute Gasteiger partial charge is 0.508 e. The molecule has 0 bridgehead atoms. The van der Waals surface area contributed by atoms with Gasteiger partial charge in [0.05, 0.1) is 5.56 Å². The minimum absolute atomic E-state index is 0.0850. The number of benzene rings is 2. The Labute approximate surface area is 132 Å². The van der Waals surface area contributed by atoms with E-state index in [0.29, 0.717) is 0 Å². The Morgan fingerprint density at radius 3 is 2.26 bits per heavy atom. The fourth-order valence-corrected chi connectivity index (χ4v) is 2.38. The maximum Gasteiger partial charge on any atom is 0.238 e. The molecule has 118 valence electrons. The second kappa shape index (κ2) is 4.99. The van der Waals surface area contributed by atoms with Crippen LogP contribution in [0.3, 0.4) is 0 Å². The summed E-state index contributed by atoms with van der Waals surface area (Å²) in [5.74, 6) is -3.12. The molecule has 1 aromatic heterocycles. The molecule has 0 fully saturated rings. The van der Waals surface area contributed by atoms with Crippen molar-refractivity contribution in [3.05, 3.63) is 39.5 Å². The molecule has 0 aliphatic heterocycles. The van der Waals surface area contributed by atoms with Crippen LogP contribution in [-0.4, -0.2) is 25.5 Å². The quantitative estimate of drug-likeness (QED) is 0.461. The standard InChI is InChI=1S/C15H9ClO7/c16-11-9(20)4-8(19)10-12(21)13(22)14(23-15(10)11)6-2-1-5(17)3-7(6)18/h1-4,17-20,22H. The highest BCUT2D eigenvalue weighted by Crippen LogP contribution is 2.42. The highest BCUT2D eigenvalue weighted by Gasteiger charge is 2.23. The van der Waals surface area contributed by atoms with Crippen LogP contribution in [0.25, 0.3) is 22.3 Å². The average Bonchev–Trinajstić information content (AvgIpc) is 2.48. The van der Waals surface area contributed by atoms with Crippen molar-refractivity contribution < 1.29 is 29.9 Å². The summed E-state index contributed by atoms with van der Waals surface area (Å²) in [5, 5.41) is 47.8. The fourth-order valence-electron chi connectivity index (χ4n) is 2.19. The topological polar surface area (TPSA) is 131 Å². The maximum atomic E-state index is 12.2. The third-order valence-corrected chi connectivity index (χ3v) is 3.63. The van der Waals surface area contributed by atoms with E-state index < -0.39 is 39.6 Å². The normalized spacial score (nSPS) is 11.0. The predicted octanol–water partition coefficient (Wildman–Crippen LogP) is 2.64. The van der Waals surface area contributed by atoms with Crippen LogP contribution >= 0.6 is 11.6 Å². The molecule has 0 aliphatic rings. The van der Waals surface area contributed by atoms with Crippen LogP contribution in [0.1, 0.15) is 0 Å². The van der Waals surface area contributed by atoms with E-state index in [-0.39, 0.29) is 21.9 Å². The lowest BCUT2D eigenvalue weighted by molar-refractivity contribution is 0.433. The number of halogens is 1. The van der Waals surface area contributed by atoms with Gasteiger partial charge in [-0.1, -0.05) is 11.6 Å². The lowest BCUT2D eigenvalue weighted by Crippen LogP contribution is -2.03. The van der Waals surface area contributed by atoms with Crippen LogP contribution in [0.5, 0.6) is 28.7 Å². The summed E-state index contributed by atoms with van der Waals surface area (Å²) in [5.41, 5.74) is -1.43. The van der Waals surface area contributed by atoms with Crippen LogP contribution in [0.2, 0.25) is 5.02 Å².